The summed E-state index contributed by atoms with van der Waals surface area (Å²) in [6.07, 6.45) is 1.18. The van der Waals surface area contributed by atoms with Crippen LogP contribution in [-0.2, 0) is 9.59 Å². The van der Waals surface area contributed by atoms with Crippen molar-refractivity contribution < 1.29 is 14.7 Å². The minimum Gasteiger partial charge on any atom is -0.481 e. The van der Waals surface area contributed by atoms with Gasteiger partial charge in [-0.3, -0.25) is 9.59 Å². The Morgan fingerprint density at radius 3 is 2.90 bits per heavy atom. The number of amides is 1. The number of nitrogens with one attached hydrogen (secondary N) is 1. The summed E-state index contributed by atoms with van der Waals surface area (Å²) in [6.45, 7) is 0. The number of carboxylic acid groups (broad SMARTS) is 1. The van der Waals surface area contributed by atoms with Crippen LogP contribution < -0.4 is 5.32 Å². The molecule has 1 aliphatic rings. The molecular weight excluding hydrogens is 134 g/mol. The molecule has 0 saturated carbocycles. The van der Waals surface area contributed by atoms with Crippen LogP contribution in [0.4, 0.5) is 0 Å². The fourth-order valence-corrected chi connectivity index (χ4v) is 1.04. The Labute approximate surface area is 58.2 Å². The summed E-state index contributed by atoms with van der Waals surface area (Å²) in [5, 5.41) is 10.9. The lowest BCUT2D eigenvalue weighted by molar-refractivity contribution is -0.137. The zero-order valence-corrected chi connectivity index (χ0v) is 5.46. The van der Waals surface area contributed by atoms with E-state index >= 15 is 0 Å². The van der Waals surface area contributed by atoms with Gasteiger partial charge >= 0.3 is 5.97 Å². The number of hydrogen-bond acceptors (Lipinski definition) is 2. The maximum atomic E-state index is 10.5. The molecule has 56 valence electrons. The highest BCUT2D eigenvalue weighted by Crippen LogP contribution is 2.09. The first-order chi connectivity index (χ1) is 4.68. The quantitative estimate of drug-likeness (QED) is 0.559. The van der Waals surface area contributed by atoms with Crippen molar-refractivity contribution in [3.63, 3.8) is 0 Å². The third-order valence-electron chi connectivity index (χ3n) is 1.51. The smallest absolute Gasteiger partial charge is 0.305 e. The molecule has 1 heterocycles. The second-order valence-corrected chi connectivity index (χ2v) is 2.40. The Bertz CT molecular complexity index is 166. The molecule has 0 aromatic carbocycles. The van der Waals surface area contributed by atoms with Crippen LogP contribution in [-0.4, -0.2) is 23.0 Å². The average Bonchev–Trinajstić information content (AvgIpc) is 2.13. The molecule has 4 nitrogen and oxygen atoms in total. The highest BCUT2D eigenvalue weighted by atomic mass is 16.4. The van der Waals surface area contributed by atoms with E-state index in [-0.39, 0.29) is 18.4 Å². The SMILES string of the molecule is O=C(O)C[C@H]1CCC(=O)N1. The maximum Gasteiger partial charge on any atom is 0.305 e. The Kier molecular flexibility index (Phi) is 1.89. The third kappa shape index (κ3) is 1.72. The molecule has 1 atom stereocenters. The van der Waals surface area contributed by atoms with Gasteiger partial charge in [0.15, 0.2) is 0 Å². The Balaban J connectivity index is 2.31. The van der Waals surface area contributed by atoms with Gasteiger partial charge in [0.1, 0.15) is 0 Å². The van der Waals surface area contributed by atoms with Gasteiger partial charge < -0.3 is 10.4 Å². The van der Waals surface area contributed by atoms with E-state index in [9.17, 15) is 9.59 Å². The molecule has 1 rings (SSSR count). The van der Waals surface area contributed by atoms with Crippen molar-refractivity contribution in [2.75, 3.05) is 0 Å². The average molecular weight is 143 g/mol. The molecule has 0 radical (unpaired) electrons. The van der Waals surface area contributed by atoms with Gasteiger partial charge in [0.25, 0.3) is 0 Å². The number of aliphatic carboxylic acids is 1. The summed E-state index contributed by atoms with van der Waals surface area (Å²) in [6, 6.07) is -0.134. The summed E-state index contributed by atoms with van der Waals surface area (Å²) >= 11 is 0. The molecule has 0 aromatic heterocycles. The highest BCUT2D eigenvalue weighted by Gasteiger charge is 2.22. The summed E-state index contributed by atoms with van der Waals surface area (Å²) in [5.41, 5.74) is 0. The van der Waals surface area contributed by atoms with E-state index in [1.165, 1.54) is 0 Å². The number of carboxylic acids is 1. The van der Waals surface area contributed by atoms with Crippen LogP contribution in [0.2, 0.25) is 0 Å². The molecule has 1 aliphatic heterocycles. The lowest BCUT2D eigenvalue weighted by atomic mass is 10.2. The summed E-state index contributed by atoms with van der Waals surface area (Å²) in [5.74, 6) is -0.890. The molecule has 4 heteroatoms. The number of rotatable bonds is 2. The first-order valence-electron chi connectivity index (χ1n) is 3.19. The largest absolute Gasteiger partial charge is 0.481 e. The summed E-state index contributed by atoms with van der Waals surface area (Å²) < 4.78 is 0. The number of carbonyl (C=O) groups excluding carboxylic acids is 1. The van der Waals surface area contributed by atoms with Crippen LogP contribution in [0, 0.1) is 0 Å². The second-order valence-electron chi connectivity index (χ2n) is 2.40. The van der Waals surface area contributed by atoms with Gasteiger partial charge in [-0.2, -0.15) is 0 Å². The highest BCUT2D eigenvalue weighted by molar-refractivity contribution is 5.79. The van der Waals surface area contributed by atoms with E-state index in [0.29, 0.717) is 12.8 Å². The van der Waals surface area contributed by atoms with Crippen molar-refractivity contribution >= 4 is 11.9 Å². The van der Waals surface area contributed by atoms with Crippen molar-refractivity contribution in [3.05, 3.63) is 0 Å². The summed E-state index contributed by atoms with van der Waals surface area (Å²) in [7, 11) is 0. The van der Waals surface area contributed by atoms with Crippen LogP contribution in [0.1, 0.15) is 19.3 Å². The monoisotopic (exact) mass is 143 g/mol. The van der Waals surface area contributed by atoms with Gasteiger partial charge in [0.2, 0.25) is 5.91 Å². The van der Waals surface area contributed by atoms with E-state index in [1.807, 2.05) is 0 Å². The van der Waals surface area contributed by atoms with Gasteiger partial charge in [-0.25, -0.2) is 0 Å². The molecule has 0 aromatic rings. The minimum atomic E-state index is -0.854. The van der Waals surface area contributed by atoms with Crippen LogP contribution in [0.5, 0.6) is 0 Å². The zero-order valence-electron chi connectivity index (χ0n) is 5.46. The molecule has 0 bridgehead atoms. The van der Waals surface area contributed by atoms with Crippen LogP contribution in [0.15, 0.2) is 0 Å². The van der Waals surface area contributed by atoms with Crippen molar-refractivity contribution in [3.8, 4) is 0 Å². The van der Waals surface area contributed by atoms with Gasteiger partial charge in [0, 0.05) is 12.5 Å². The molecule has 0 spiro atoms. The Morgan fingerprint density at radius 2 is 2.50 bits per heavy atom. The minimum absolute atomic E-state index is 0.0359. The topological polar surface area (TPSA) is 66.4 Å². The lowest BCUT2D eigenvalue weighted by Crippen LogP contribution is -2.27. The van der Waals surface area contributed by atoms with Gasteiger partial charge in [0.05, 0.1) is 6.42 Å². The standard InChI is InChI=1S/C6H9NO3/c8-5-2-1-4(7-5)3-6(9)10/h4H,1-3H2,(H,7,8)(H,9,10)/t4-/m1/s1. The molecule has 1 fully saturated rings. The molecule has 10 heavy (non-hydrogen) atoms. The molecule has 0 aliphatic carbocycles. The third-order valence-corrected chi connectivity index (χ3v) is 1.51. The van der Waals surface area contributed by atoms with Crippen LogP contribution in [0.25, 0.3) is 0 Å². The molecule has 0 unspecified atom stereocenters. The Morgan fingerprint density at radius 1 is 1.80 bits per heavy atom. The lowest BCUT2D eigenvalue weighted by Gasteiger charge is -2.03. The second kappa shape index (κ2) is 2.68. The fraction of sp³-hybridized carbons (Fsp3) is 0.667. The maximum absolute atomic E-state index is 10.5. The van der Waals surface area contributed by atoms with Crippen LogP contribution in [0.3, 0.4) is 0 Å². The predicted octanol–water partition coefficient (Wildman–Crippen LogP) is -0.260. The molecule has 1 saturated heterocycles. The van der Waals surface area contributed by atoms with Gasteiger partial charge in [-0.1, -0.05) is 0 Å². The molecule has 1 amide bonds. The molecular formula is C6H9NO3. The number of hydrogen-bond donors (Lipinski definition) is 2. The van der Waals surface area contributed by atoms with E-state index in [4.69, 9.17) is 5.11 Å². The zero-order chi connectivity index (χ0) is 7.56. The normalized spacial score (nSPS) is 24.4. The summed E-state index contributed by atoms with van der Waals surface area (Å²) in [4.78, 5) is 20.6. The molecule has 2 N–H and O–H groups in total. The van der Waals surface area contributed by atoms with Crippen LogP contribution >= 0.6 is 0 Å². The van der Waals surface area contributed by atoms with Crippen molar-refractivity contribution in [2.45, 2.75) is 25.3 Å². The first kappa shape index (κ1) is 7.05. The fourth-order valence-electron chi connectivity index (χ4n) is 1.04. The van der Waals surface area contributed by atoms with Crippen molar-refractivity contribution in [1.82, 2.24) is 5.32 Å². The number of carbonyl (C=O) groups is 2. The van der Waals surface area contributed by atoms with Gasteiger partial charge in [-0.15, -0.1) is 0 Å². The first-order valence-corrected chi connectivity index (χ1v) is 3.19. The van der Waals surface area contributed by atoms with E-state index in [2.05, 4.69) is 5.32 Å². The van der Waals surface area contributed by atoms with E-state index in [0.717, 1.165) is 0 Å². The Hall–Kier alpha value is -1.06. The van der Waals surface area contributed by atoms with E-state index in [1.54, 1.807) is 0 Å². The van der Waals surface area contributed by atoms with Crippen molar-refractivity contribution in [1.29, 1.82) is 0 Å². The van der Waals surface area contributed by atoms with Gasteiger partial charge in [-0.05, 0) is 6.42 Å². The van der Waals surface area contributed by atoms with Crippen molar-refractivity contribution in [2.24, 2.45) is 0 Å². The predicted molar refractivity (Wildman–Crippen MR) is 33.4 cm³/mol. The van der Waals surface area contributed by atoms with E-state index < -0.39 is 5.97 Å².